The van der Waals surface area contributed by atoms with Gasteiger partial charge in [0.15, 0.2) is 0 Å². The van der Waals surface area contributed by atoms with E-state index in [2.05, 4.69) is 66.7 Å². The van der Waals surface area contributed by atoms with Crippen LogP contribution in [0.15, 0.2) is 54.8 Å². The number of rotatable bonds is 6. The minimum Gasteiger partial charge on any atom is -0.374 e. The number of H-pyrrole nitrogens is 1. The molecule has 1 fully saturated rings. The lowest BCUT2D eigenvalue weighted by molar-refractivity contribution is 0.267. The van der Waals surface area contributed by atoms with Gasteiger partial charge in [-0.1, -0.05) is 85.1 Å². The maximum Gasteiger partial charge on any atom is 0.123 e. The van der Waals surface area contributed by atoms with Crippen molar-refractivity contribution in [1.82, 2.24) is 14.8 Å². The van der Waals surface area contributed by atoms with Crippen molar-refractivity contribution in [1.29, 1.82) is 0 Å². The van der Waals surface area contributed by atoms with Crippen LogP contribution in [0.25, 0.3) is 18.4 Å². The molecule has 2 heterocycles. The van der Waals surface area contributed by atoms with Crippen LogP contribution in [-0.2, 0) is 0 Å². The molecule has 1 aromatic heterocycles. The van der Waals surface area contributed by atoms with E-state index >= 15 is 0 Å². The van der Waals surface area contributed by atoms with Gasteiger partial charge in [-0.2, -0.15) is 0 Å². The monoisotopic (exact) mass is 539 g/mol. The predicted octanol–water partition coefficient (Wildman–Crippen LogP) is 8.59. The molecular formula is C35H58FN3. The van der Waals surface area contributed by atoms with Gasteiger partial charge in [-0.25, -0.2) is 4.39 Å². The molecule has 3 nitrogen and oxygen atoms in total. The van der Waals surface area contributed by atoms with Crippen LogP contribution in [0.4, 0.5) is 4.39 Å². The highest BCUT2D eigenvalue weighted by molar-refractivity contribution is 5.60. The predicted molar refractivity (Wildman–Crippen MR) is 176 cm³/mol. The Morgan fingerprint density at radius 1 is 0.974 bits per heavy atom. The molecule has 0 amide bonds. The van der Waals surface area contributed by atoms with E-state index in [1.165, 1.54) is 42.7 Å². The van der Waals surface area contributed by atoms with E-state index in [4.69, 9.17) is 0 Å². The summed E-state index contributed by atoms with van der Waals surface area (Å²) in [7, 11) is 2.07. The third-order valence-electron chi connectivity index (χ3n) is 6.24. The van der Waals surface area contributed by atoms with E-state index in [0.717, 1.165) is 52.7 Å². The molecule has 0 spiro atoms. The number of likely N-dealkylation sites (N-methyl/N-ethyl adjacent to an activating group) is 1. The molecule has 1 aliphatic heterocycles. The van der Waals surface area contributed by atoms with Gasteiger partial charge in [0.25, 0.3) is 0 Å². The second-order valence-electron chi connectivity index (χ2n) is 8.94. The SMILES string of the molecule is C=C(c1c/c(=C/C(C)=C\C)c(=C)[nH]1)N(C)CC(=C)N1CCCCC1.CC.CC.CC.Cc1ccc(F)cc1C. The minimum absolute atomic E-state index is 0.155. The Labute approximate surface area is 240 Å². The lowest BCUT2D eigenvalue weighted by atomic mass is 10.1. The molecule has 4 heteroatoms. The minimum atomic E-state index is -0.155. The molecule has 0 atom stereocenters. The number of piperidine rings is 1. The summed E-state index contributed by atoms with van der Waals surface area (Å²) in [6.07, 6.45) is 8.12. The normalized spacial score (nSPS) is 12.8. The average Bonchev–Trinajstić information content (AvgIpc) is 3.33. The number of nitrogens with zero attached hydrogens (tertiary/aromatic N) is 2. The smallest absolute Gasteiger partial charge is 0.123 e. The Morgan fingerprint density at radius 2 is 1.54 bits per heavy atom. The van der Waals surface area contributed by atoms with Crippen molar-refractivity contribution in [3.63, 3.8) is 0 Å². The molecule has 1 aliphatic rings. The van der Waals surface area contributed by atoms with E-state index < -0.39 is 0 Å². The zero-order chi connectivity index (χ0) is 30.5. The zero-order valence-corrected chi connectivity index (χ0v) is 27.1. The van der Waals surface area contributed by atoms with E-state index in [1.54, 1.807) is 6.07 Å². The van der Waals surface area contributed by atoms with Crippen molar-refractivity contribution >= 4 is 18.4 Å². The Bertz CT molecular complexity index is 1100. The van der Waals surface area contributed by atoms with Gasteiger partial charge in [0, 0.05) is 31.2 Å². The van der Waals surface area contributed by atoms with Gasteiger partial charge in [0.05, 0.1) is 17.9 Å². The van der Waals surface area contributed by atoms with Crippen LogP contribution in [0.1, 0.15) is 91.5 Å². The van der Waals surface area contributed by atoms with Gasteiger partial charge in [-0.3, -0.25) is 0 Å². The fourth-order valence-electron chi connectivity index (χ4n) is 3.72. The Kier molecular flexibility index (Phi) is 21.4. The first-order chi connectivity index (χ1) is 18.6. The average molecular weight is 540 g/mol. The number of hydrogen-bond acceptors (Lipinski definition) is 2. The third-order valence-corrected chi connectivity index (χ3v) is 6.24. The number of hydrogen-bond donors (Lipinski definition) is 1. The molecule has 3 rings (SSSR count). The molecular weight excluding hydrogens is 481 g/mol. The molecule has 1 saturated heterocycles. The van der Waals surface area contributed by atoms with Crippen LogP contribution < -0.4 is 10.6 Å². The molecule has 0 radical (unpaired) electrons. The molecule has 0 bridgehead atoms. The van der Waals surface area contributed by atoms with Crippen molar-refractivity contribution in [3.8, 4) is 0 Å². The number of benzene rings is 1. The summed E-state index contributed by atoms with van der Waals surface area (Å²) in [6.45, 7) is 35.7. The van der Waals surface area contributed by atoms with Crippen LogP contribution in [0.2, 0.25) is 0 Å². The van der Waals surface area contributed by atoms with Gasteiger partial charge in [-0.15, -0.1) is 0 Å². The molecule has 0 aliphatic carbocycles. The van der Waals surface area contributed by atoms with Gasteiger partial charge >= 0.3 is 0 Å². The van der Waals surface area contributed by atoms with Gasteiger partial charge in [0.2, 0.25) is 0 Å². The number of aryl methyl sites for hydroxylation is 2. The van der Waals surface area contributed by atoms with E-state index in [-0.39, 0.29) is 5.82 Å². The summed E-state index contributed by atoms with van der Waals surface area (Å²) < 4.78 is 12.3. The molecule has 2 aromatic rings. The Balaban J connectivity index is 0. The number of aromatic amines is 1. The fourth-order valence-corrected chi connectivity index (χ4v) is 3.72. The van der Waals surface area contributed by atoms with Crippen LogP contribution in [-0.4, -0.2) is 41.5 Å². The second-order valence-corrected chi connectivity index (χ2v) is 8.94. The summed E-state index contributed by atoms with van der Waals surface area (Å²) in [5, 5.41) is 2.04. The van der Waals surface area contributed by atoms with E-state index in [9.17, 15) is 4.39 Å². The fraction of sp³-hybridized carbons (Fsp3) is 0.486. The third kappa shape index (κ3) is 14.1. The quantitative estimate of drug-likeness (QED) is 0.397. The Morgan fingerprint density at radius 3 is 2.03 bits per heavy atom. The summed E-state index contributed by atoms with van der Waals surface area (Å²) in [5.74, 6) is -0.155. The number of halogens is 1. The number of likely N-dealkylation sites (tertiary alicyclic amines) is 1. The maximum atomic E-state index is 12.3. The van der Waals surface area contributed by atoms with E-state index in [1.807, 2.05) is 62.3 Å². The topological polar surface area (TPSA) is 22.3 Å². The van der Waals surface area contributed by atoms with Crippen molar-refractivity contribution in [2.45, 2.75) is 88.5 Å². The molecule has 220 valence electrons. The largest absolute Gasteiger partial charge is 0.374 e. The second kappa shape index (κ2) is 21.9. The highest BCUT2D eigenvalue weighted by Gasteiger charge is 2.15. The molecule has 0 saturated carbocycles. The van der Waals surface area contributed by atoms with Crippen molar-refractivity contribution in [3.05, 3.63) is 88.0 Å². The first-order valence-electron chi connectivity index (χ1n) is 14.7. The van der Waals surface area contributed by atoms with Crippen molar-refractivity contribution in [2.75, 3.05) is 26.7 Å². The standard InChI is InChI=1S/C21H31N3.C8H9F.3C2H6/c1-7-16(2)13-20-14-21(22-18(20)4)19(5)23(6)15-17(3)24-11-9-8-10-12-24;1-6-3-4-8(9)5-7(6)2;3*1-2/h7,13-14,22H,3-5,8-12,15H2,1-2,6H3;3-5H,1-2H3;3*1-2H3/b16-7-,20-13-;;;;. The Hall–Kier alpha value is -3.01. The van der Waals surface area contributed by atoms with Crippen LogP contribution >= 0.6 is 0 Å². The lowest BCUT2D eigenvalue weighted by Gasteiger charge is -2.33. The zero-order valence-electron chi connectivity index (χ0n) is 27.1. The highest BCUT2D eigenvalue weighted by Crippen LogP contribution is 2.17. The molecule has 1 aromatic carbocycles. The number of nitrogens with one attached hydrogen (secondary N) is 1. The highest BCUT2D eigenvalue weighted by atomic mass is 19.1. The summed E-state index contributed by atoms with van der Waals surface area (Å²) >= 11 is 0. The van der Waals surface area contributed by atoms with Gasteiger partial charge in [0.1, 0.15) is 5.82 Å². The first kappa shape index (κ1) is 38.1. The molecule has 1 N–H and O–H groups in total. The molecule has 0 unspecified atom stereocenters. The summed E-state index contributed by atoms with van der Waals surface area (Å²) in [4.78, 5) is 7.92. The summed E-state index contributed by atoms with van der Waals surface area (Å²) in [5.41, 5.74) is 6.53. The first-order valence-corrected chi connectivity index (χ1v) is 14.7. The van der Waals surface area contributed by atoms with Crippen molar-refractivity contribution in [2.24, 2.45) is 0 Å². The van der Waals surface area contributed by atoms with Gasteiger partial charge < -0.3 is 14.8 Å². The van der Waals surface area contributed by atoms with E-state index in [0.29, 0.717) is 0 Å². The summed E-state index contributed by atoms with van der Waals surface area (Å²) in [6, 6.07) is 6.92. The number of allylic oxidation sites excluding steroid dienone is 2. The van der Waals surface area contributed by atoms with Crippen LogP contribution in [0, 0.1) is 19.7 Å². The molecule has 39 heavy (non-hydrogen) atoms. The van der Waals surface area contributed by atoms with Crippen LogP contribution in [0.3, 0.4) is 0 Å². The maximum absolute atomic E-state index is 12.3. The number of aromatic nitrogens is 1. The lowest BCUT2D eigenvalue weighted by Crippen LogP contribution is -2.33. The van der Waals surface area contributed by atoms with Crippen LogP contribution in [0.5, 0.6) is 0 Å². The van der Waals surface area contributed by atoms with Gasteiger partial charge in [-0.05, 0) is 81.5 Å². The van der Waals surface area contributed by atoms with Crippen molar-refractivity contribution < 1.29 is 4.39 Å².